The Morgan fingerprint density at radius 1 is 0.864 bits per heavy atom. The van der Waals surface area contributed by atoms with Crippen molar-refractivity contribution in [3.63, 3.8) is 0 Å². The maximum absolute atomic E-state index is 12.4. The van der Waals surface area contributed by atoms with Crippen LogP contribution in [-0.4, -0.2) is 40.1 Å². The maximum atomic E-state index is 12.4. The number of carbonyl (C=O) groups excluding carboxylic acids is 2. The van der Waals surface area contributed by atoms with Gasteiger partial charge in [0, 0.05) is 29.0 Å². The van der Waals surface area contributed by atoms with E-state index in [1.165, 1.54) is 6.07 Å². The third-order valence-corrected chi connectivity index (χ3v) is 7.27. The van der Waals surface area contributed by atoms with Gasteiger partial charge in [-0.15, -0.1) is 0 Å². The van der Waals surface area contributed by atoms with Crippen molar-refractivity contribution in [2.75, 3.05) is 10.6 Å². The second kappa shape index (κ2) is 14.4. The summed E-state index contributed by atoms with van der Waals surface area (Å²) in [6, 6.07) is 23.8. The molecule has 1 aliphatic rings. The van der Waals surface area contributed by atoms with Crippen molar-refractivity contribution >= 4 is 40.9 Å². The molecule has 0 aliphatic heterocycles. The predicted molar refractivity (Wildman–Crippen MR) is 167 cm³/mol. The Kier molecular flexibility index (Phi) is 9.93. The summed E-state index contributed by atoms with van der Waals surface area (Å²) in [6.45, 7) is 0. The van der Waals surface area contributed by atoms with Gasteiger partial charge in [-0.25, -0.2) is 14.6 Å². The van der Waals surface area contributed by atoms with E-state index in [1.54, 1.807) is 72.9 Å². The van der Waals surface area contributed by atoms with Crippen LogP contribution >= 0.6 is 11.6 Å². The minimum absolute atomic E-state index is 0.0242. The highest BCUT2D eigenvalue weighted by Gasteiger charge is 2.24. The summed E-state index contributed by atoms with van der Waals surface area (Å²) >= 11 is 5.98. The zero-order valence-corrected chi connectivity index (χ0v) is 24.4. The van der Waals surface area contributed by atoms with E-state index in [0.717, 1.165) is 31.4 Å². The number of urea groups is 1. The highest BCUT2D eigenvalue weighted by molar-refractivity contribution is 6.30. The molecule has 0 bridgehead atoms. The van der Waals surface area contributed by atoms with Crippen molar-refractivity contribution < 1.29 is 29.0 Å². The first kappa shape index (κ1) is 30.4. The lowest BCUT2D eigenvalue weighted by Gasteiger charge is -2.29. The average molecular weight is 615 g/mol. The van der Waals surface area contributed by atoms with E-state index in [-0.39, 0.29) is 41.8 Å². The number of carboxylic acid groups (broad SMARTS) is 1. The Labute approximate surface area is 259 Å². The fourth-order valence-corrected chi connectivity index (χ4v) is 5.07. The van der Waals surface area contributed by atoms with Crippen LogP contribution in [0.3, 0.4) is 0 Å². The molecule has 226 valence electrons. The van der Waals surface area contributed by atoms with Crippen molar-refractivity contribution in [2.24, 2.45) is 0 Å². The molecule has 0 unspecified atom stereocenters. The molecule has 0 radical (unpaired) electrons. The number of carbonyl (C=O) groups is 3. The molecule has 5 rings (SSSR count). The predicted octanol–water partition coefficient (Wildman–Crippen LogP) is 6.92. The highest BCUT2D eigenvalue weighted by atomic mass is 35.5. The van der Waals surface area contributed by atoms with E-state index in [2.05, 4.69) is 20.9 Å². The summed E-state index contributed by atoms with van der Waals surface area (Å²) in [4.78, 5) is 40.4. The number of rotatable bonds is 10. The number of para-hydroxylation sites is 1. The number of aromatic nitrogens is 1. The second-order valence-electron chi connectivity index (χ2n) is 10.4. The Morgan fingerprint density at radius 2 is 1.61 bits per heavy atom. The summed E-state index contributed by atoms with van der Waals surface area (Å²) in [5.41, 5.74) is 1.56. The first-order valence-corrected chi connectivity index (χ1v) is 14.5. The van der Waals surface area contributed by atoms with Gasteiger partial charge in [0.05, 0.1) is 23.8 Å². The molecule has 4 N–H and O–H groups in total. The molecule has 1 heterocycles. The van der Waals surface area contributed by atoms with Crippen LogP contribution in [0, 0.1) is 0 Å². The quantitative estimate of drug-likeness (QED) is 0.152. The standard InChI is InChI=1S/C33H31ClN4O6/c34-22-4-3-5-24(19-22)37-33(42)36-23-9-11-25(12-10-23)43-26-13-15-27(16-14-26)44-31-17-8-21(20-35-31)18-30(39)38-29-7-2-1-6-28(29)32(40)41/h1-8,13-17,19-20,23,25H,9-12,18H2,(H,38,39)(H,40,41)(H2,36,37,42). The first-order chi connectivity index (χ1) is 21.3. The summed E-state index contributed by atoms with van der Waals surface area (Å²) in [5, 5.41) is 18.3. The lowest BCUT2D eigenvalue weighted by atomic mass is 9.93. The lowest BCUT2D eigenvalue weighted by molar-refractivity contribution is -0.115. The normalized spacial score (nSPS) is 15.9. The van der Waals surface area contributed by atoms with Gasteiger partial charge in [0.1, 0.15) is 11.5 Å². The Bertz CT molecular complexity index is 1610. The van der Waals surface area contributed by atoms with Crippen LogP contribution in [0.15, 0.2) is 91.1 Å². The number of aromatic carboxylic acids is 1. The Hall–Kier alpha value is -5.09. The van der Waals surface area contributed by atoms with Crippen LogP contribution in [0.1, 0.15) is 41.6 Å². The van der Waals surface area contributed by atoms with E-state index in [4.69, 9.17) is 21.1 Å². The topological polar surface area (TPSA) is 139 Å². The number of nitrogens with one attached hydrogen (secondary N) is 3. The van der Waals surface area contributed by atoms with Gasteiger partial charge in [-0.2, -0.15) is 0 Å². The van der Waals surface area contributed by atoms with E-state index in [9.17, 15) is 19.5 Å². The third-order valence-electron chi connectivity index (χ3n) is 7.03. The van der Waals surface area contributed by atoms with Crippen LogP contribution in [0.25, 0.3) is 0 Å². The summed E-state index contributed by atoms with van der Waals surface area (Å²) in [6.07, 6.45) is 4.89. The molecule has 1 aliphatic carbocycles. The van der Waals surface area contributed by atoms with Gasteiger partial charge < -0.3 is 30.5 Å². The zero-order chi connectivity index (χ0) is 30.9. The van der Waals surface area contributed by atoms with Crippen molar-refractivity contribution in [3.05, 3.63) is 107 Å². The first-order valence-electron chi connectivity index (χ1n) is 14.2. The summed E-state index contributed by atoms with van der Waals surface area (Å²) in [7, 11) is 0. The van der Waals surface area contributed by atoms with Crippen molar-refractivity contribution in [2.45, 2.75) is 44.2 Å². The van der Waals surface area contributed by atoms with Gasteiger partial charge in [-0.3, -0.25) is 4.79 Å². The van der Waals surface area contributed by atoms with E-state index >= 15 is 0 Å². The van der Waals surface area contributed by atoms with E-state index in [1.807, 2.05) is 12.1 Å². The Morgan fingerprint density at radius 3 is 2.32 bits per heavy atom. The fraction of sp³-hybridized carbons (Fsp3) is 0.212. The van der Waals surface area contributed by atoms with Gasteiger partial charge >= 0.3 is 12.0 Å². The van der Waals surface area contributed by atoms with Gasteiger partial charge in [0.2, 0.25) is 11.8 Å². The van der Waals surface area contributed by atoms with Gasteiger partial charge in [-0.1, -0.05) is 35.9 Å². The number of nitrogens with zero attached hydrogens (tertiary/aromatic N) is 1. The average Bonchev–Trinajstić information content (AvgIpc) is 3.00. The number of halogens is 1. The van der Waals surface area contributed by atoms with Crippen LogP contribution in [0.4, 0.5) is 16.2 Å². The summed E-state index contributed by atoms with van der Waals surface area (Å²) < 4.78 is 12.0. The molecule has 1 aromatic heterocycles. The Balaban J connectivity index is 1.04. The highest BCUT2D eigenvalue weighted by Crippen LogP contribution is 2.27. The van der Waals surface area contributed by atoms with E-state index in [0.29, 0.717) is 27.9 Å². The second-order valence-corrected chi connectivity index (χ2v) is 10.8. The summed E-state index contributed by atoms with van der Waals surface area (Å²) in [5.74, 6) is 0.209. The SMILES string of the molecule is O=C(Cc1ccc(Oc2ccc(OC3CCC(NC(=O)Nc4cccc(Cl)c4)CC3)cc2)nc1)Nc1ccccc1C(=O)O. The molecule has 0 atom stereocenters. The number of hydrogen-bond acceptors (Lipinski definition) is 6. The van der Waals surface area contributed by atoms with Crippen LogP contribution in [0.2, 0.25) is 5.02 Å². The third kappa shape index (κ3) is 8.71. The molecule has 1 fully saturated rings. The zero-order valence-electron chi connectivity index (χ0n) is 23.7. The maximum Gasteiger partial charge on any atom is 0.337 e. The molecule has 0 saturated heterocycles. The van der Waals surface area contributed by atoms with Crippen LogP contribution in [-0.2, 0) is 11.2 Å². The smallest absolute Gasteiger partial charge is 0.337 e. The molecule has 0 spiro atoms. The molecular formula is C33H31ClN4O6. The number of hydrogen-bond donors (Lipinski definition) is 4. The monoisotopic (exact) mass is 614 g/mol. The minimum Gasteiger partial charge on any atom is -0.490 e. The van der Waals surface area contributed by atoms with Crippen molar-refractivity contribution in [1.82, 2.24) is 10.3 Å². The number of carboxylic acids is 1. The fourth-order valence-electron chi connectivity index (χ4n) is 4.88. The number of amides is 3. The molecular weight excluding hydrogens is 584 g/mol. The largest absolute Gasteiger partial charge is 0.490 e. The molecule has 10 nitrogen and oxygen atoms in total. The molecule has 3 aromatic carbocycles. The van der Waals surface area contributed by atoms with Crippen LogP contribution < -0.4 is 25.4 Å². The molecule has 44 heavy (non-hydrogen) atoms. The molecule has 11 heteroatoms. The molecule has 4 aromatic rings. The number of ether oxygens (including phenoxy) is 2. The van der Waals surface area contributed by atoms with Crippen LogP contribution in [0.5, 0.6) is 17.4 Å². The van der Waals surface area contributed by atoms with Gasteiger partial charge in [0.25, 0.3) is 0 Å². The molecule has 3 amide bonds. The minimum atomic E-state index is -1.11. The molecule has 1 saturated carbocycles. The number of anilines is 2. The van der Waals surface area contributed by atoms with Gasteiger partial charge in [-0.05, 0) is 85.8 Å². The van der Waals surface area contributed by atoms with Crippen molar-refractivity contribution in [3.8, 4) is 17.4 Å². The van der Waals surface area contributed by atoms with Gasteiger partial charge in [0.15, 0.2) is 0 Å². The van der Waals surface area contributed by atoms with E-state index < -0.39 is 5.97 Å². The van der Waals surface area contributed by atoms with Crippen molar-refractivity contribution in [1.29, 1.82) is 0 Å². The lowest BCUT2D eigenvalue weighted by Crippen LogP contribution is -2.41. The number of benzene rings is 3. The number of pyridine rings is 1.